The molecule has 0 saturated carbocycles. The van der Waals surface area contributed by atoms with Crippen LogP contribution in [0.15, 0.2) is 6.20 Å². The van der Waals surface area contributed by atoms with Crippen molar-refractivity contribution in [2.75, 3.05) is 11.0 Å². The van der Waals surface area contributed by atoms with E-state index in [0.717, 1.165) is 44.3 Å². The number of nitrogens with zero attached hydrogens (tertiary/aromatic N) is 3. The summed E-state index contributed by atoms with van der Waals surface area (Å²) in [6.07, 6.45) is 9.86. The van der Waals surface area contributed by atoms with Crippen molar-refractivity contribution in [3.63, 3.8) is 0 Å². The number of aromatic nitrogens is 3. The van der Waals surface area contributed by atoms with Crippen molar-refractivity contribution < 1.29 is 9.59 Å². The van der Waals surface area contributed by atoms with Gasteiger partial charge < -0.3 is 5.32 Å². The van der Waals surface area contributed by atoms with Crippen molar-refractivity contribution in [2.45, 2.75) is 92.5 Å². The van der Waals surface area contributed by atoms with Crippen LogP contribution in [-0.2, 0) is 22.6 Å². The van der Waals surface area contributed by atoms with E-state index >= 15 is 0 Å². The van der Waals surface area contributed by atoms with Gasteiger partial charge in [0.25, 0.3) is 0 Å². The zero-order valence-electron chi connectivity index (χ0n) is 17.9. The minimum absolute atomic E-state index is 0.0796. The third kappa shape index (κ3) is 19.6. The van der Waals surface area contributed by atoms with Gasteiger partial charge in [0, 0.05) is 38.5 Å². The fourth-order valence-electron chi connectivity index (χ4n) is 1.69. The second-order valence-corrected chi connectivity index (χ2v) is 6.97. The largest absolute Gasteiger partial charge is 0.356 e. The van der Waals surface area contributed by atoms with Crippen molar-refractivity contribution in [1.29, 1.82) is 0 Å². The van der Waals surface area contributed by atoms with E-state index in [-0.39, 0.29) is 5.91 Å². The summed E-state index contributed by atoms with van der Waals surface area (Å²) in [6, 6.07) is 0. The predicted octanol–water partition coefficient (Wildman–Crippen LogP) is 4.74. The SMILES string of the molecule is CCCC.CCCCC(=O)CI.CCCn1cc(CCNC(=O)CC)nn1. The Morgan fingerprint density at radius 3 is 2.22 bits per heavy atom. The molecule has 0 unspecified atom stereocenters. The molecule has 1 N–H and O–H groups in total. The number of amides is 1. The Kier molecular flexibility index (Phi) is 22.3. The summed E-state index contributed by atoms with van der Waals surface area (Å²) in [7, 11) is 0. The molecule has 6 nitrogen and oxygen atoms in total. The molecule has 0 fully saturated rings. The van der Waals surface area contributed by atoms with Crippen LogP contribution in [0.4, 0.5) is 0 Å². The van der Waals surface area contributed by atoms with Crippen LogP contribution in [0.1, 0.15) is 85.3 Å². The van der Waals surface area contributed by atoms with E-state index in [1.54, 1.807) is 0 Å². The quantitative estimate of drug-likeness (QED) is 0.356. The second-order valence-electron chi connectivity index (χ2n) is 6.20. The number of ketones is 1. The lowest BCUT2D eigenvalue weighted by Crippen LogP contribution is -2.24. The van der Waals surface area contributed by atoms with Crippen molar-refractivity contribution in [3.05, 3.63) is 11.9 Å². The molecule has 1 aromatic rings. The van der Waals surface area contributed by atoms with Crippen molar-refractivity contribution in [3.8, 4) is 0 Å². The Morgan fingerprint density at radius 2 is 1.74 bits per heavy atom. The van der Waals surface area contributed by atoms with E-state index in [2.05, 4.69) is 65.9 Å². The van der Waals surface area contributed by atoms with Crippen LogP contribution in [0.2, 0.25) is 0 Å². The van der Waals surface area contributed by atoms with Crippen molar-refractivity contribution in [2.24, 2.45) is 0 Å². The number of hydrogen-bond acceptors (Lipinski definition) is 4. The third-order valence-electron chi connectivity index (χ3n) is 3.52. The fraction of sp³-hybridized carbons (Fsp3) is 0.800. The number of nitrogens with one attached hydrogen (secondary N) is 1. The first-order chi connectivity index (χ1) is 13.0. The summed E-state index contributed by atoms with van der Waals surface area (Å²) >= 11 is 2.10. The van der Waals surface area contributed by atoms with E-state index in [1.165, 1.54) is 12.8 Å². The lowest BCUT2D eigenvalue weighted by molar-refractivity contribution is -0.120. The average molecular weight is 494 g/mol. The normalized spacial score (nSPS) is 9.56. The van der Waals surface area contributed by atoms with Crippen LogP contribution in [0.3, 0.4) is 0 Å². The highest BCUT2D eigenvalue weighted by Gasteiger charge is 2.01. The number of alkyl halides is 1. The minimum atomic E-state index is 0.0796. The van der Waals surface area contributed by atoms with Crippen molar-refractivity contribution in [1.82, 2.24) is 20.3 Å². The number of hydrogen-bond donors (Lipinski definition) is 1. The monoisotopic (exact) mass is 494 g/mol. The van der Waals surface area contributed by atoms with Gasteiger partial charge in [-0.3, -0.25) is 14.3 Å². The first-order valence-electron chi connectivity index (χ1n) is 10.2. The number of carbonyl (C=O) groups is 2. The summed E-state index contributed by atoms with van der Waals surface area (Å²) in [5.41, 5.74) is 0.930. The Bertz CT molecular complexity index is 476. The van der Waals surface area contributed by atoms with Crippen LogP contribution >= 0.6 is 22.6 Å². The zero-order chi connectivity index (χ0) is 20.9. The second kappa shape index (κ2) is 21.3. The maximum Gasteiger partial charge on any atom is 0.219 e. The van der Waals surface area contributed by atoms with Gasteiger partial charge in [-0.25, -0.2) is 0 Å². The predicted molar refractivity (Wildman–Crippen MR) is 121 cm³/mol. The molecule has 0 spiro atoms. The van der Waals surface area contributed by atoms with E-state index in [9.17, 15) is 9.59 Å². The molecule has 0 bridgehead atoms. The van der Waals surface area contributed by atoms with Gasteiger partial charge in [-0.2, -0.15) is 0 Å². The minimum Gasteiger partial charge on any atom is -0.356 e. The molecule has 1 heterocycles. The molecule has 0 atom stereocenters. The first-order valence-corrected chi connectivity index (χ1v) is 11.7. The summed E-state index contributed by atoms with van der Waals surface area (Å²) < 4.78 is 2.51. The van der Waals surface area contributed by atoms with Crippen LogP contribution < -0.4 is 5.32 Å². The van der Waals surface area contributed by atoms with Gasteiger partial charge >= 0.3 is 0 Å². The average Bonchev–Trinajstić information content (AvgIpc) is 3.14. The molecule has 27 heavy (non-hydrogen) atoms. The molecule has 7 heteroatoms. The van der Waals surface area contributed by atoms with Crippen LogP contribution in [-0.4, -0.2) is 37.7 Å². The summed E-state index contributed by atoms with van der Waals surface area (Å²) in [4.78, 5) is 21.5. The van der Waals surface area contributed by atoms with Gasteiger partial charge in [0.15, 0.2) is 0 Å². The highest BCUT2D eigenvalue weighted by molar-refractivity contribution is 14.1. The number of Topliss-reactive ketones (excluding diaryl/α,β-unsaturated/α-hetero) is 1. The van der Waals surface area contributed by atoms with Crippen LogP contribution in [0.25, 0.3) is 0 Å². The lowest BCUT2D eigenvalue weighted by Gasteiger charge is -1.99. The molecule has 0 aromatic carbocycles. The molecular weight excluding hydrogens is 455 g/mol. The van der Waals surface area contributed by atoms with Gasteiger partial charge in [-0.05, 0) is 12.8 Å². The van der Waals surface area contributed by atoms with Crippen LogP contribution in [0, 0.1) is 0 Å². The summed E-state index contributed by atoms with van der Waals surface area (Å²) in [5, 5.41) is 10.8. The molecule has 1 amide bonds. The Balaban J connectivity index is 0. The molecule has 1 aromatic heterocycles. The van der Waals surface area contributed by atoms with Crippen LogP contribution in [0.5, 0.6) is 0 Å². The van der Waals surface area contributed by atoms with Gasteiger partial charge in [-0.1, -0.05) is 81.7 Å². The molecule has 1 rings (SSSR count). The number of unbranched alkanes of at least 4 members (excludes halogenated alkanes) is 2. The lowest BCUT2D eigenvalue weighted by atomic mass is 10.2. The molecule has 0 aliphatic heterocycles. The molecule has 158 valence electrons. The standard InChI is InChI=1S/C10H18N4O.C6H11IO.C4H10/c1-3-7-14-8-9(12-13-14)5-6-11-10(15)4-2;1-2-3-4-6(8)5-7;1-3-4-2/h8H,3-7H2,1-2H3,(H,11,15);2-5H2,1H3;3-4H2,1-2H3. The first kappa shape index (κ1) is 28.2. The van der Waals surface area contributed by atoms with E-state index in [1.807, 2.05) is 17.8 Å². The fourth-order valence-corrected chi connectivity index (χ4v) is 2.07. The maximum absolute atomic E-state index is 11.0. The third-order valence-corrected chi connectivity index (χ3v) is 4.37. The number of aryl methyl sites for hydroxylation is 1. The van der Waals surface area contributed by atoms with E-state index in [0.29, 0.717) is 23.2 Å². The topological polar surface area (TPSA) is 76.9 Å². The van der Waals surface area contributed by atoms with Gasteiger partial charge in [0.2, 0.25) is 5.91 Å². The highest BCUT2D eigenvalue weighted by Crippen LogP contribution is 1.97. The molecule has 0 aliphatic rings. The Hall–Kier alpha value is -0.990. The van der Waals surface area contributed by atoms with Gasteiger partial charge in [-0.15, -0.1) is 5.10 Å². The number of carbonyl (C=O) groups excluding carboxylic acids is 2. The smallest absolute Gasteiger partial charge is 0.219 e. The van der Waals surface area contributed by atoms with E-state index in [4.69, 9.17) is 0 Å². The van der Waals surface area contributed by atoms with Gasteiger partial charge in [0.05, 0.1) is 10.1 Å². The Morgan fingerprint density at radius 1 is 1.07 bits per heavy atom. The zero-order valence-corrected chi connectivity index (χ0v) is 20.0. The van der Waals surface area contributed by atoms with Crippen molar-refractivity contribution >= 4 is 34.3 Å². The maximum atomic E-state index is 11.0. The molecule has 0 saturated heterocycles. The Labute approximate surface area is 179 Å². The number of rotatable bonds is 11. The summed E-state index contributed by atoms with van der Waals surface area (Å²) in [6.45, 7) is 11.9. The number of halogens is 1. The molecule has 0 aliphatic carbocycles. The van der Waals surface area contributed by atoms with Gasteiger partial charge in [0.1, 0.15) is 5.78 Å². The van der Waals surface area contributed by atoms with E-state index < -0.39 is 0 Å². The molecular formula is C20H39IN4O2. The highest BCUT2D eigenvalue weighted by atomic mass is 127. The summed E-state index contributed by atoms with van der Waals surface area (Å²) in [5.74, 6) is 0.461. The molecule has 0 radical (unpaired) electrons.